The molecule has 0 amide bonds. The Balaban J connectivity index is 2.08. The summed E-state index contributed by atoms with van der Waals surface area (Å²) in [6.45, 7) is 9.96. The molecule has 0 N–H and O–H groups in total. The molecular formula is C18H26N2O2S. The van der Waals surface area contributed by atoms with Crippen LogP contribution in [0.25, 0.3) is 10.2 Å². The Morgan fingerprint density at radius 2 is 2.13 bits per heavy atom. The summed E-state index contributed by atoms with van der Waals surface area (Å²) in [7, 11) is 1.66. The van der Waals surface area contributed by atoms with E-state index < -0.39 is 0 Å². The molecule has 5 heteroatoms. The molecule has 0 bridgehead atoms. The molecule has 0 saturated heterocycles. The van der Waals surface area contributed by atoms with Crippen LogP contribution >= 0.6 is 11.3 Å². The quantitative estimate of drug-likeness (QED) is 0.862. The highest BCUT2D eigenvalue weighted by atomic mass is 32.1. The van der Waals surface area contributed by atoms with Crippen LogP contribution in [0.3, 0.4) is 0 Å². The van der Waals surface area contributed by atoms with Crippen LogP contribution in [0.15, 0.2) is 4.79 Å². The highest BCUT2D eigenvalue weighted by molar-refractivity contribution is 7.18. The molecule has 0 fully saturated rings. The van der Waals surface area contributed by atoms with Gasteiger partial charge in [0.15, 0.2) is 0 Å². The summed E-state index contributed by atoms with van der Waals surface area (Å²) in [4.78, 5) is 19.9. The lowest BCUT2D eigenvalue weighted by atomic mass is 9.72. The Morgan fingerprint density at radius 3 is 2.78 bits per heavy atom. The highest BCUT2D eigenvalue weighted by Crippen LogP contribution is 2.42. The summed E-state index contributed by atoms with van der Waals surface area (Å²) in [6.07, 6.45) is 3.24. The van der Waals surface area contributed by atoms with Gasteiger partial charge >= 0.3 is 0 Å². The highest BCUT2D eigenvalue weighted by Gasteiger charge is 2.31. The number of aromatic nitrogens is 2. The predicted octanol–water partition coefficient (Wildman–Crippen LogP) is 3.56. The minimum atomic E-state index is 0.108. The molecule has 0 saturated carbocycles. The molecule has 0 radical (unpaired) electrons. The first-order valence-electron chi connectivity index (χ1n) is 8.33. The third-order valence-electron chi connectivity index (χ3n) is 5.10. The Morgan fingerprint density at radius 1 is 1.39 bits per heavy atom. The summed E-state index contributed by atoms with van der Waals surface area (Å²) in [5, 5.41) is 0.860. The van der Waals surface area contributed by atoms with Gasteiger partial charge in [0.2, 0.25) is 0 Å². The number of rotatable bonds is 3. The topological polar surface area (TPSA) is 44.1 Å². The van der Waals surface area contributed by atoms with E-state index in [-0.39, 0.29) is 5.56 Å². The van der Waals surface area contributed by atoms with Crippen LogP contribution in [0.4, 0.5) is 0 Å². The van der Waals surface area contributed by atoms with Gasteiger partial charge in [-0.25, -0.2) is 4.98 Å². The zero-order valence-corrected chi connectivity index (χ0v) is 15.5. The van der Waals surface area contributed by atoms with Gasteiger partial charge in [-0.1, -0.05) is 20.8 Å². The lowest BCUT2D eigenvalue weighted by Crippen LogP contribution is -2.28. The normalized spacial score (nSPS) is 18.4. The van der Waals surface area contributed by atoms with Crippen molar-refractivity contribution in [3.8, 4) is 0 Å². The van der Waals surface area contributed by atoms with Crippen LogP contribution in [0.1, 0.15) is 43.5 Å². The van der Waals surface area contributed by atoms with Gasteiger partial charge in [0.25, 0.3) is 5.56 Å². The first-order chi connectivity index (χ1) is 10.8. The molecule has 4 nitrogen and oxygen atoms in total. The third kappa shape index (κ3) is 2.96. The maximum absolute atomic E-state index is 12.9. The molecule has 2 heterocycles. The first-order valence-corrected chi connectivity index (χ1v) is 9.15. The molecule has 0 spiro atoms. The van der Waals surface area contributed by atoms with Crippen molar-refractivity contribution < 1.29 is 4.74 Å². The van der Waals surface area contributed by atoms with Crippen LogP contribution in [-0.4, -0.2) is 23.3 Å². The number of ether oxygens (including phenoxy) is 1. The molecule has 3 rings (SSSR count). The SMILES string of the molecule is COCCn1c(C)nc2sc3c(c2c1=O)CCC(C(C)(C)C)C3. The van der Waals surface area contributed by atoms with E-state index in [0.717, 1.165) is 35.3 Å². The standard InChI is InChI=1S/C18H26N2O2S/c1-11-19-16-15(17(21)20(11)8-9-22-5)13-7-6-12(18(2,3)4)10-14(13)23-16/h12H,6-10H2,1-5H3. The fourth-order valence-corrected chi connectivity index (χ4v) is 4.88. The van der Waals surface area contributed by atoms with Gasteiger partial charge in [0.1, 0.15) is 10.7 Å². The molecule has 2 aromatic rings. The average molecular weight is 334 g/mol. The van der Waals surface area contributed by atoms with E-state index in [0.29, 0.717) is 24.5 Å². The average Bonchev–Trinajstić information content (AvgIpc) is 2.83. The van der Waals surface area contributed by atoms with Crippen molar-refractivity contribution in [2.75, 3.05) is 13.7 Å². The number of hydrogen-bond acceptors (Lipinski definition) is 4. The van der Waals surface area contributed by atoms with Gasteiger partial charge < -0.3 is 4.74 Å². The Hall–Kier alpha value is -1.20. The lowest BCUT2D eigenvalue weighted by Gasteiger charge is -2.33. The van der Waals surface area contributed by atoms with Crippen molar-refractivity contribution in [3.05, 3.63) is 26.6 Å². The number of nitrogens with zero attached hydrogens (tertiary/aromatic N) is 2. The molecule has 0 aliphatic heterocycles. The minimum Gasteiger partial charge on any atom is -0.383 e. The van der Waals surface area contributed by atoms with Crippen molar-refractivity contribution in [2.45, 2.75) is 53.5 Å². The molecule has 1 atom stereocenters. The van der Waals surface area contributed by atoms with E-state index in [2.05, 4.69) is 20.8 Å². The van der Waals surface area contributed by atoms with Crippen molar-refractivity contribution in [2.24, 2.45) is 11.3 Å². The second-order valence-electron chi connectivity index (χ2n) is 7.60. The molecule has 1 unspecified atom stereocenters. The van der Waals surface area contributed by atoms with Gasteiger partial charge in [-0.15, -0.1) is 11.3 Å². The molecule has 0 aromatic carbocycles. The first kappa shape index (κ1) is 16.7. The van der Waals surface area contributed by atoms with Crippen LogP contribution in [-0.2, 0) is 24.1 Å². The minimum absolute atomic E-state index is 0.108. The molecule has 23 heavy (non-hydrogen) atoms. The van der Waals surface area contributed by atoms with E-state index in [1.165, 1.54) is 10.4 Å². The van der Waals surface area contributed by atoms with E-state index in [9.17, 15) is 4.79 Å². The third-order valence-corrected chi connectivity index (χ3v) is 6.25. The number of thiophene rings is 1. The van der Waals surface area contributed by atoms with Crippen molar-refractivity contribution >= 4 is 21.6 Å². The summed E-state index contributed by atoms with van der Waals surface area (Å²) in [6, 6.07) is 0. The van der Waals surface area contributed by atoms with Gasteiger partial charge in [-0.3, -0.25) is 9.36 Å². The lowest BCUT2D eigenvalue weighted by molar-refractivity contribution is 0.185. The molecule has 1 aliphatic rings. The number of aryl methyl sites for hydroxylation is 2. The van der Waals surface area contributed by atoms with E-state index in [1.54, 1.807) is 23.0 Å². The number of hydrogen-bond donors (Lipinski definition) is 0. The second kappa shape index (κ2) is 6.02. The zero-order valence-electron chi connectivity index (χ0n) is 14.7. The predicted molar refractivity (Wildman–Crippen MR) is 95.5 cm³/mol. The number of fused-ring (bicyclic) bond motifs is 3. The Kier molecular flexibility index (Phi) is 4.36. The summed E-state index contributed by atoms with van der Waals surface area (Å²) in [5.74, 6) is 1.46. The van der Waals surface area contributed by atoms with Crippen molar-refractivity contribution in [3.63, 3.8) is 0 Å². The van der Waals surface area contributed by atoms with Gasteiger partial charge in [-0.05, 0) is 43.1 Å². The van der Waals surface area contributed by atoms with Gasteiger partial charge in [0, 0.05) is 12.0 Å². The van der Waals surface area contributed by atoms with Crippen molar-refractivity contribution in [1.29, 1.82) is 0 Å². The van der Waals surface area contributed by atoms with Gasteiger partial charge in [0.05, 0.1) is 18.5 Å². The maximum atomic E-state index is 12.9. The van der Waals surface area contributed by atoms with Crippen LogP contribution in [0.2, 0.25) is 0 Å². The summed E-state index contributed by atoms with van der Waals surface area (Å²) >= 11 is 1.72. The van der Waals surface area contributed by atoms with E-state index >= 15 is 0 Å². The summed E-state index contributed by atoms with van der Waals surface area (Å²) < 4.78 is 6.89. The summed E-state index contributed by atoms with van der Waals surface area (Å²) in [5.41, 5.74) is 1.68. The zero-order chi connectivity index (χ0) is 16.8. The second-order valence-corrected chi connectivity index (χ2v) is 8.68. The number of methoxy groups -OCH3 is 1. The smallest absolute Gasteiger partial charge is 0.262 e. The van der Waals surface area contributed by atoms with Crippen LogP contribution in [0.5, 0.6) is 0 Å². The van der Waals surface area contributed by atoms with E-state index in [4.69, 9.17) is 9.72 Å². The fraction of sp³-hybridized carbons (Fsp3) is 0.667. The Labute approximate surface area is 141 Å². The van der Waals surface area contributed by atoms with Crippen LogP contribution < -0.4 is 5.56 Å². The molecule has 1 aliphatic carbocycles. The molecule has 126 valence electrons. The molecule has 2 aromatic heterocycles. The molecular weight excluding hydrogens is 308 g/mol. The van der Waals surface area contributed by atoms with Gasteiger partial charge in [-0.2, -0.15) is 0 Å². The largest absolute Gasteiger partial charge is 0.383 e. The van der Waals surface area contributed by atoms with Crippen LogP contribution in [0, 0.1) is 18.3 Å². The maximum Gasteiger partial charge on any atom is 0.262 e. The van der Waals surface area contributed by atoms with Crippen molar-refractivity contribution in [1.82, 2.24) is 9.55 Å². The van der Waals surface area contributed by atoms with E-state index in [1.807, 2.05) is 6.92 Å². The monoisotopic (exact) mass is 334 g/mol. The fourth-order valence-electron chi connectivity index (χ4n) is 3.55. The Bertz CT molecular complexity index is 783.